The van der Waals surface area contributed by atoms with Crippen LogP contribution in [0.25, 0.3) is 10.9 Å². The van der Waals surface area contributed by atoms with E-state index in [2.05, 4.69) is 11.2 Å². The second-order valence-corrected chi connectivity index (χ2v) is 2.97. The molecular formula is C12H15N3O. The fourth-order valence-electron chi connectivity index (χ4n) is 1.44. The summed E-state index contributed by atoms with van der Waals surface area (Å²) in [6.07, 6.45) is 0. The standard InChI is InChI=1S/C10H9N3O.C2H6/c1-13-10(6-11)8-5-7(14-2)3-4-9(8)12-13;1-2/h3-5H,1-2H3;1-2H3. The number of hydrogen-bond donors (Lipinski definition) is 0. The maximum absolute atomic E-state index is 8.92. The van der Waals surface area contributed by atoms with Crippen LogP contribution in [0, 0.1) is 11.3 Å². The van der Waals surface area contributed by atoms with Crippen LogP contribution >= 0.6 is 0 Å². The molecule has 0 spiro atoms. The highest BCUT2D eigenvalue weighted by Crippen LogP contribution is 2.22. The molecule has 0 fully saturated rings. The Morgan fingerprint density at radius 2 is 2.06 bits per heavy atom. The molecule has 0 aliphatic heterocycles. The van der Waals surface area contributed by atoms with Crippen LogP contribution in [0.1, 0.15) is 19.5 Å². The van der Waals surface area contributed by atoms with Crippen LogP contribution in [0.5, 0.6) is 5.75 Å². The number of aryl methyl sites for hydroxylation is 1. The van der Waals surface area contributed by atoms with E-state index in [0.717, 1.165) is 16.7 Å². The summed E-state index contributed by atoms with van der Waals surface area (Å²) in [7, 11) is 3.36. The Bertz CT molecular complexity index is 523. The van der Waals surface area contributed by atoms with Crippen LogP contribution in [0.15, 0.2) is 18.2 Å². The van der Waals surface area contributed by atoms with Gasteiger partial charge in [-0.05, 0) is 18.2 Å². The van der Waals surface area contributed by atoms with Crippen LogP contribution in [0.2, 0.25) is 0 Å². The highest BCUT2D eigenvalue weighted by molar-refractivity contribution is 5.85. The molecule has 1 aromatic carbocycles. The summed E-state index contributed by atoms with van der Waals surface area (Å²) in [5.41, 5.74) is 1.36. The smallest absolute Gasteiger partial charge is 0.146 e. The molecule has 84 valence electrons. The van der Waals surface area contributed by atoms with E-state index in [1.165, 1.54) is 0 Å². The molecule has 0 N–H and O–H groups in total. The average Bonchev–Trinajstić information content (AvgIpc) is 2.65. The fourth-order valence-corrected chi connectivity index (χ4v) is 1.44. The van der Waals surface area contributed by atoms with E-state index in [4.69, 9.17) is 10.00 Å². The van der Waals surface area contributed by atoms with Gasteiger partial charge in [-0.15, -0.1) is 0 Å². The Labute approximate surface area is 95.1 Å². The number of fused-ring (bicyclic) bond motifs is 1. The predicted molar refractivity (Wildman–Crippen MR) is 63.3 cm³/mol. The minimum Gasteiger partial charge on any atom is -0.497 e. The van der Waals surface area contributed by atoms with Gasteiger partial charge in [-0.3, -0.25) is 4.68 Å². The third kappa shape index (κ3) is 1.98. The van der Waals surface area contributed by atoms with Crippen molar-refractivity contribution in [3.05, 3.63) is 23.9 Å². The van der Waals surface area contributed by atoms with Gasteiger partial charge in [-0.25, -0.2) is 0 Å². The van der Waals surface area contributed by atoms with Gasteiger partial charge in [0, 0.05) is 12.4 Å². The Morgan fingerprint density at radius 1 is 1.38 bits per heavy atom. The molecule has 0 saturated carbocycles. The van der Waals surface area contributed by atoms with Gasteiger partial charge < -0.3 is 4.74 Å². The number of hydrogen-bond acceptors (Lipinski definition) is 3. The number of rotatable bonds is 1. The first-order valence-electron chi connectivity index (χ1n) is 5.17. The lowest BCUT2D eigenvalue weighted by Crippen LogP contribution is -1.92. The molecule has 4 heteroatoms. The third-order valence-corrected chi connectivity index (χ3v) is 2.15. The minimum absolute atomic E-state index is 0.555. The van der Waals surface area contributed by atoms with Gasteiger partial charge in [0.1, 0.15) is 17.5 Å². The lowest BCUT2D eigenvalue weighted by atomic mass is 10.2. The zero-order chi connectivity index (χ0) is 12.1. The van der Waals surface area contributed by atoms with Crippen molar-refractivity contribution in [2.45, 2.75) is 13.8 Å². The van der Waals surface area contributed by atoms with Crippen molar-refractivity contribution in [1.82, 2.24) is 9.78 Å². The SMILES string of the molecule is CC.COc1ccc2nn(C)c(C#N)c2c1. The molecule has 0 unspecified atom stereocenters. The first kappa shape index (κ1) is 12.1. The Balaban J connectivity index is 0.000000606. The molecule has 0 saturated heterocycles. The van der Waals surface area contributed by atoms with E-state index in [-0.39, 0.29) is 0 Å². The zero-order valence-corrected chi connectivity index (χ0v) is 9.98. The maximum Gasteiger partial charge on any atom is 0.146 e. The Morgan fingerprint density at radius 3 is 2.62 bits per heavy atom. The van der Waals surface area contributed by atoms with Crippen LogP contribution in [-0.2, 0) is 7.05 Å². The molecular weight excluding hydrogens is 202 g/mol. The molecule has 4 nitrogen and oxygen atoms in total. The van der Waals surface area contributed by atoms with Crippen molar-refractivity contribution in [3.8, 4) is 11.8 Å². The molecule has 0 aliphatic carbocycles. The lowest BCUT2D eigenvalue weighted by molar-refractivity contribution is 0.415. The first-order valence-corrected chi connectivity index (χ1v) is 5.17. The summed E-state index contributed by atoms with van der Waals surface area (Å²) in [5.74, 6) is 0.738. The number of nitriles is 1. The van der Waals surface area contributed by atoms with E-state index in [1.807, 2.05) is 32.0 Å². The summed E-state index contributed by atoms with van der Waals surface area (Å²) in [6, 6.07) is 7.61. The number of nitrogens with zero attached hydrogens (tertiary/aromatic N) is 3. The highest BCUT2D eigenvalue weighted by atomic mass is 16.5. The minimum atomic E-state index is 0.555. The molecule has 16 heavy (non-hydrogen) atoms. The third-order valence-electron chi connectivity index (χ3n) is 2.15. The molecule has 0 amide bonds. The van der Waals surface area contributed by atoms with Gasteiger partial charge in [0.05, 0.1) is 12.6 Å². The second-order valence-electron chi connectivity index (χ2n) is 2.97. The van der Waals surface area contributed by atoms with Crippen molar-refractivity contribution in [1.29, 1.82) is 5.26 Å². The summed E-state index contributed by atoms with van der Waals surface area (Å²) in [4.78, 5) is 0. The second kappa shape index (κ2) is 5.17. The monoisotopic (exact) mass is 217 g/mol. The van der Waals surface area contributed by atoms with Gasteiger partial charge in [-0.2, -0.15) is 10.4 Å². The molecule has 0 radical (unpaired) electrons. The maximum atomic E-state index is 8.92. The van der Waals surface area contributed by atoms with E-state index in [0.29, 0.717) is 5.69 Å². The normalized spacial score (nSPS) is 9.19. The largest absolute Gasteiger partial charge is 0.497 e. The van der Waals surface area contributed by atoms with E-state index in [1.54, 1.807) is 18.8 Å². The zero-order valence-electron chi connectivity index (χ0n) is 9.98. The molecule has 0 aliphatic rings. The summed E-state index contributed by atoms with van der Waals surface area (Å²) < 4.78 is 6.66. The topological polar surface area (TPSA) is 50.8 Å². The molecule has 0 atom stereocenters. The quantitative estimate of drug-likeness (QED) is 0.737. The van der Waals surface area contributed by atoms with Gasteiger partial charge in [0.25, 0.3) is 0 Å². The summed E-state index contributed by atoms with van der Waals surface area (Å²) in [6.45, 7) is 4.00. The van der Waals surface area contributed by atoms with E-state index in [9.17, 15) is 0 Å². The van der Waals surface area contributed by atoms with Crippen LogP contribution in [-0.4, -0.2) is 16.9 Å². The molecule has 1 aromatic heterocycles. The van der Waals surface area contributed by atoms with E-state index >= 15 is 0 Å². The van der Waals surface area contributed by atoms with Crippen LogP contribution in [0.3, 0.4) is 0 Å². The van der Waals surface area contributed by atoms with Gasteiger partial charge in [-0.1, -0.05) is 13.8 Å². The van der Waals surface area contributed by atoms with Crippen molar-refractivity contribution < 1.29 is 4.74 Å². The summed E-state index contributed by atoms with van der Waals surface area (Å²) in [5, 5.41) is 13.9. The number of methoxy groups -OCH3 is 1. The van der Waals surface area contributed by atoms with Gasteiger partial charge >= 0.3 is 0 Å². The molecule has 2 aromatic rings. The van der Waals surface area contributed by atoms with Gasteiger partial charge in [0.15, 0.2) is 0 Å². The molecule has 2 rings (SSSR count). The van der Waals surface area contributed by atoms with Crippen LogP contribution in [0.4, 0.5) is 0 Å². The van der Waals surface area contributed by atoms with Crippen LogP contribution < -0.4 is 4.74 Å². The van der Waals surface area contributed by atoms with Gasteiger partial charge in [0.2, 0.25) is 0 Å². The van der Waals surface area contributed by atoms with E-state index < -0.39 is 0 Å². The Kier molecular flexibility index (Phi) is 3.90. The molecule has 0 bridgehead atoms. The average molecular weight is 217 g/mol. The van der Waals surface area contributed by atoms with Crippen molar-refractivity contribution in [2.75, 3.05) is 7.11 Å². The molecule has 1 heterocycles. The van der Waals surface area contributed by atoms with Crippen molar-refractivity contribution >= 4 is 10.9 Å². The van der Waals surface area contributed by atoms with Crippen molar-refractivity contribution in [3.63, 3.8) is 0 Å². The highest BCUT2D eigenvalue weighted by Gasteiger charge is 2.08. The summed E-state index contributed by atoms with van der Waals surface area (Å²) >= 11 is 0. The fraction of sp³-hybridized carbons (Fsp3) is 0.333. The predicted octanol–water partition coefficient (Wildman–Crippen LogP) is 2.48. The number of aromatic nitrogens is 2. The number of ether oxygens (including phenoxy) is 1. The lowest BCUT2D eigenvalue weighted by Gasteiger charge is -1.97. The Hall–Kier alpha value is -2.02. The number of benzene rings is 1. The van der Waals surface area contributed by atoms with Crippen molar-refractivity contribution in [2.24, 2.45) is 7.05 Å². The first-order chi connectivity index (χ1) is 7.76.